The third-order valence-electron chi connectivity index (χ3n) is 4.14. The van der Waals surface area contributed by atoms with Crippen LogP contribution in [0.2, 0.25) is 0 Å². The lowest BCUT2D eigenvalue weighted by atomic mass is 10.2. The quantitative estimate of drug-likeness (QED) is 0.855. The van der Waals surface area contributed by atoms with E-state index in [1.807, 2.05) is 41.5 Å². The van der Waals surface area contributed by atoms with E-state index in [0.29, 0.717) is 17.9 Å². The van der Waals surface area contributed by atoms with Crippen molar-refractivity contribution in [2.24, 2.45) is 0 Å². The Morgan fingerprint density at radius 1 is 1.29 bits per heavy atom. The van der Waals surface area contributed by atoms with Gasteiger partial charge in [-0.25, -0.2) is 4.98 Å². The summed E-state index contributed by atoms with van der Waals surface area (Å²) in [6.45, 7) is 5.96. The first kappa shape index (κ1) is 16.9. The molecule has 1 aromatic carbocycles. The molecule has 128 valence electrons. The molecule has 0 bridgehead atoms. The zero-order valence-corrected chi connectivity index (χ0v) is 15.0. The van der Waals surface area contributed by atoms with Gasteiger partial charge in [0.15, 0.2) is 0 Å². The van der Waals surface area contributed by atoms with Crippen LogP contribution in [0.4, 0.5) is 0 Å². The van der Waals surface area contributed by atoms with Crippen molar-refractivity contribution in [2.45, 2.75) is 20.0 Å². The molecule has 1 aliphatic heterocycles. The van der Waals surface area contributed by atoms with E-state index in [2.05, 4.69) is 16.9 Å². The maximum atomic E-state index is 12.7. The minimum absolute atomic E-state index is 0.0836. The van der Waals surface area contributed by atoms with Crippen molar-refractivity contribution >= 4 is 17.2 Å². The van der Waals surface area contributed by atoms with Crippen LogP contribution in [0, 0.1) is 6.92 Å². The lowest BCUT2D eigenvalue weighted by Crippen LogP contribution is -2.34. The molecule has 1 aromatic heterocycles. The van der Waals surface area contributed by atoms with Crippen LogP contribution in [0.1, 0.15) is 27.5 Å². The second-order valence-electron chi connectivity index (χ2n) is 6.12. The normalized spacial score (nSPS) is 16.0. The van der Waals surface area contributed by atoms with Gasteiger partial charge < -0.3 is 14.5 Å². The van der Waals surface area contributed by atoms with Crippen LogP contribution < -0.4 is 4.74 Å². The van der Waals surface area contributed by atoms with Crippen molar-refractivity contribution in [1.82, 2.24) is 14.8 Å². The number of nitrogens with zero attached hydrogens (tertiary/aromatic N) is 3. The van der Waals surface area contributed by atoms with Gasteiger partial charge in [-0.15, -0.1) is 11.3 Å². The summed E-state index contributed by atoms with van der Waals surface area (Å²) < 4.78 is 5.79. The first-order valence-electron chi connectivity index (χ1n) is 8.23. The van der Waals surface area contributed by atoms with Crippen LogP contribution in [-0.4, -0.2) is 53.9 Å². The first-order valence-corrected chi connectivity index (χ1v) is 9.11. The number of benzene rings is 1. The summed E-state index contributed by atoms with van der Waals surface area (Å²) in [5, 5.41) is 3.03. The summed E-state index contributed by atoms with van der Waals surface area (Å²) >= 11 is 1.61. The molecule has 1 amide bonds. The maximum absolute atomic E-state index is 12.7. The van der Waals surface area contributed by atoms with E-state index in [1.165, 1.54) is 0 Å². The summed E-state index contributed by atoms with van der Waals surface area (Å²) in [5.41, 5.74) is 1.61. The Morgan fingerprint density at radius 2 is 2.17 bits per heavy atom. The predicted molar refractivity (Wildman–Crippen MR) is 95.6 cm³/mol. The van der Waals surface area contributed by atoms with Crippen molar-refractivity contribution in [3.8, 4) is 5.75 Å². The average molecular weight is 345 g/mol. The number of likely N-dealkylation sites (N-methyl/N-ethyl adjacent to an activating group) is 1. The standard InChI is InChI=1S/C18H23N3O2S/c1-14-19-16(13-24-14)12-23-17-6-3-5-15(11-17)18(22)21-8-4-7-20(2)9-10-21/h3,5-6,11,13H,4,7-10,12H2,1-2H3. The van der Waals surface area contributed by atoms with Crippen LogP contribution in [0.25, 0.3) is 0 Å². The molecule has 2 aromatic rings. The predicted octanol–water partition coefficient (Wildman–Crippen LogP) is 2.81. The lowest BCUT2D eigenvalue weighted by Gasteiger charge is -2.20. The number of carbonyl (C=O) groups excluding carboxylic acids is 1. The lowest BCUT2D eigenvalue weighted by molar-refractivity contribution is 0.0762. The van der Waals surface area contributed by atoms with Gasteiger partial charge in [0.1, 0.15) is 12.4 Å². The molecule has 0 unspecified atom stereocenters. The van der Waals surface area contributed by atoms with E-state index >= 15 is 0 Å². The van der Waals surface area contributed by atoms with Crippen molar-refractivity contribution in [3.63, 3.8) is 0 Å². The molecule has 0 spiro atoms. The molecule has 2 heterocycles. The monoisotopic (exact) mass is 345 g/mol. The van der Waals surface area contributed by atoms with E-state index < -0.39 is 0 Å². The van der Waals surface area contributed by atoms with Crippen LogP contribution >= 0.6 is 11.3 Å². The minimum atomic E-state index is 0.0836. The third kappa shape index (κ3) is 4.33. The number of hydrogen-bond acceptors (Lipinski definition) is 5. The largest absolute Gasteiger partial charge is 0.487 e. The van der Waals surface area contributed by atoms with Gasteiger partial charge in [-0.1, -0.05) is 6.07 Å². The number of aromatic nitrogens is 1. The molecule has 5 nitrogen and oxygen atoms in total. The van der Waals surface area contributed by atoms with Crippen LogP contribution in [-0.2, 0) is 6.61 Å². The van der Waals surface area contributed by atoms with E-state index in [-0.39, 0.29) is 5.91 Å². The highest BCUT2D eigenvalue weighted by atomic mass is 32.1. The SMILES string of the molecule is Cc1nc(COc2cccc(C(=O)N3CCCN(C)CC3)c2)cs1. The summed E-state index contributed by atoms with van der Waals surface area (Å²) in [6, 6.07) is 7.44. The second kappa shape index (κ2) is 7.77. The van der Waals surface area contributed by atoms with Gasteiger partial charge >= 0.3 is 0 Å². The summed E-state index contributed by atoms with van der Waals surface area (Å²) in [5.74, 6) is 0.790. The molecule has 1 saturated heterocycles. The van der Waals surface area contributed by atoms with Gasteiger partial charge in [-0.2, -0.15) is 0 Å². The summed E-state index contributed by atoms with van der Waals surface area (Å²) in [6.07, 6.45) is 1.02. The van der Waals surface area contributed by atoms with Crippen LogP contribution in [0.15, 0.2) is 29.6 Å². The Morgan fingerprint density at radius 3 is 2.96 bits per heavy atom. The summed E-state index contributed by atoms with van der Waals surface area (Å²) in [4.78, 5) is 21.3. The number of ether oxygens (including phenoxy) is 1. The molecule has 1 fully saturated rings. The molecule has 0 saturated carbocycles. The molecular weight excluding hydrogens is 322 g/mol. The van der Waals surface area contributed by atoms with Gasteiger partial charge in [-0.05, 0) is 45.1 Å². The molecule has 0 N–H and O–H groups in total. The summed E-state index contributed by atoms with van der Waals surface area (Å²) in [7, 11) is 2.10. The fourth-order valence-corrected chi connectivity index (χ4v) is 3.38. The zero-order chi connectivity index (χ0) is 16.9. The van der Waals surface area contributed by atoms with E-state index in [4.69, 9.17) is 4.74 Å². The number of aryl methyl sites for hydroxylation is 1. The van der Waals surface area contributed by atoms with Crippen LogP contribution in [0.5, 0.6) is 5.75 Å². The van der Waals surface area contributed by atoms with Gasteiger partial charge in [0, 0.05) is 30.6 Å². The van der Waals surface area contributed by atoms with Gasteiger partial charge in [0.2, 0.25) is 0 Å². The number of rotatable bonds is 4. The molecule has 0 radical (unpaired) electrons. The number of thiazole rings is 1. The Hall–Kier alpha value is -1.92. The highest BCUT2D eigenvalue weighted by Gasteiger charge is 2.19. The first-order chi connectivity index (χ1) is 11.6. The molecule has 0 atom stereocenters. The molecule has 6 heteroatoms. The second-order valence-corrected chi connectivity index (χ2v) is 7.19. The fraction of sp³-hybridized carbons (Fsp3) is 0.444. The Labute approximate surface area is 146 Å². The zero-order valence-electron chi connectivity index (χ0n) is 14.2. The molecular formula is C18H23N3O2S. The van der Waals surface area contributed by atoms with E-state index in [0.717, 1.165) is 43.3 Å². The van der Waals surface area contributed by atoms with Crippen molar-refractivity contribution in [2.75, 3.05) is 33.2 Å². The molecule has 1 aliphatic rings. The molecule has 24 heavy (non-hydrogen) atoms. The van der Waals surface area contributed by atoms with Crippen molar-refractivity contribution in [3.05, 3.63) is 45.9 Å². The minimum Gasteiger partial charge on any atom is -0.487 e. The van der Waals surface area contributed by atoms with Gasteiger partial charge in [0.05, 0.1) is 10.7 Å². The molecule has 3 rings (SSSR count). The number of carbonyl (C=O) groups is 1. The van der Waals surface area contributed by atoms with Crippen LogP contribution in [0.3, 0.4) is 0 Å². The fourth-order valence-electron chi connectivity index (χ4n) is 2.78. The average Bonchev–Trinajstić information content (AvgIpc) is 2.88. The Bertz CT molecular complexity index is 701. The highest BCUT2D eigenvalue weighted by Crippen LogP contribution is 2.18. The van der Waals surface area contributed by atoms with E-state index in [9.17, 15) is 4.79 Å². The number of amides is 1. The maximum Gasteiger partial charge on any atom is 0.254 e. The molecule has 0 aliphatic carbocycles. The highest BCUT2D eigenvalue weighted by molar-refractivity contribution is 7.09. The van der Waals surface area contributed by atoms with Crippen molar-refractivity contribution < 1.29 is 9.53 Å². The van der Waals surface area contributed by atoms with Gasteiger partial charge in [-0.3, -0.25) is 4.79 Å². The topological polar surface area (TPSA) is 45.7 Å². The van der Waals surface area contributed by atoms with E-state index in [1.54, 1.807) is 11.3 Å². The Kier molecular flexibility index (Phi) is 5.48. The smallest absolute Gasteiger partial charge is 0.254 e. The Balaban J connectivity index is 1.64. The third-order valence-corrected chi connectivity index (χ3v) is 4.96. The van der Waals surface area contributed by atoms with Crippen molar-refractivity contribution in [1.29, 1.82) is 0 Å². The number of hydrogen-bond donors (Lipinski definition) is 0. The van der Waals surface area contributed by atoms with Gasteiger partial charge in [0.25, 0.3) is 5.91 Å².